The van der Waals surface area contributed by atoms with E-state index in [-0.39, 0.29) is 17.6 Å². The number of rotatable bonds is 5. The van der Waals surface area contributed by atoms with Crippen LogP contribution in [0.4, 0.5) is 10.1 Å². The van der Waals surface area contributed by atoms with Crippen LogP contribution in [0.3, 0.4) is 0 Å². The smallest absolute Gasteiger partial charge is 0.227 e. The molecule has 5 aromatic heterocycles. The minimum atomic E-state index is -0.554. The van der Waals surface area contributed by atoms with Gasteiger partial charge in [-0.05, 0) is 54.8 Å². The van der Waals surface area contributed by atoms with Crippen LogP contribution in [0.5, 0.6) is 5.75 Å². The van der Waals surface area contributed by atoms with Gasteiger partial charge in [-0.15, -0.1) is 0 Å². The van der Waals surface area contributed by atoms with Crippen molar-refractivity contribution in [3.05, 3.63) is 66.9 Å². The first-order chi connectivity index (χ1) is 19.0. The Bertz CT molecular complexity index is 1870. The Kier molecular flexibility index (Phi) is 5.29. The number of anilines is 1. The number of hydrogen-bond acceptors (Lipinski definition) is 7. The molecular formula is C28H21FN8O2. The number of carbonyl (C=O) groups excluding carboxylic acids is 1. The minimum Gasteiger partial charge on any atom is -0.508 e. The number of fused-ring (bicyclic) bond motifs is 2. The molecule has 6 aromatic rings. The fraction of sp³-hybridized carbons (Fsp3) is 0.143. The highest BCUT2D eigenvalue weighted by Crippen LogP contribution is 2.33. The standard InChI is InChI=1S/C28H21FN8O2/c29-17-8-15(10-19(38)11-17)20-6-7-31-26-23(20)34-27(35-26)25-24-22(36-37-25)5-4-21(33-24)16-9-18(13-30-12-16)32-28(39)14-2-1-3-14/h4-14,38H,1-3H2,(H,32,39)(H,36,37)(H,31,34,35). The number of aromatic amines is 2. The Morgan fingerprint density at radius 3 is 2.74 bits per heavy atom. The normalized spacial score (nSPS) is 13.6. The summed E-state index contributed by atoms with van der Waals surface area (Å²) in [5.74, 6) is -0.209. The second kappa shape index (κ2) is 8.98. The number of nitrogens with zero attached hydrogens (tertiary/aromatic N) is 5. The first-order valence-corrected chi connectivity index (χ1v) is 12.5. The number of pyridine rings is 3. The zero-order valence-corrected chi connectivity index (χ0v) is 20.4. The van der Waals surface area contributed by atoms with Crippen LogP contribution in [0.15, 0.2) is 61.1 Å². The average Bonchev–Trinajstić information content (AvgIpc) is 3.50. The van der Waals surface area contributed by atoms with Gasteiger partial charge in [-0.25, -0.2) is 19.3 Å². The Balaban J connectivity index is 1.27. The van der Waals surface area contributed by atoms with Gasteiger partial charge in [-0.3, -0.25) is 14.9 Å². The average molecular weight is 521 g/mol. The Morgan fingerprint density at radius 2 is 1.92 bits per heavy atom. The number of aromatic hydroxyl groups is 1. The summed E-state index contributed by atoms with van der Waals surface area (Å²) < 4.78 is 14.0. The summed E-state index contributed by atoms with van der Waals surface area (Å²) in [5, 5.41) is 20.3. The SMILES string of the molecule is O=C(Nc1cncc(-c2ccc3[nH]nc(-c4nc5c(-c6cc(O)cc(F)c6)ccnc5[nH]4)c3n2)c1)C1CCC1. The number of H-pyrrole nitrogens is 2. The van der Waals surface area contributed by atoms with Crippen LogP contribution in [-0.2, 0) is 4.79 Å². The monoisotopic (exact) mass is 520 g/mol. The van der Waals surface area contributed by atoms with E-state index in [4.69, 9.17) is 9.97 Å². The predicted octanol–water partition coefficient (Wildman–Crippen LogP) is 5.21. The molecule has 4 N–H and O–H groups in total. The number of phenols is 1. The van der Waals surface area contributed by atoms with E-state index in [2.05, 4.69) is 30.5 Å². The van der Waals surface area contributed by atoms with Crippen molar-refractivity contribution in [3.8, 4) is 39.7 Å². The molecule has 39 heavy (non-hydrogen) atoms. The largest absolute Gasteiger partial charge is 0.508 e. The number of imidazole rings is 1. The van der Waals surface area contributed by atoms with Gasteiger partial charge >= 0.3 is 0 Å². The van der Waals surface area contributed by atoms with E-state index in [9.17, 15) is 14.3 Å². The van der Waals surface area contributed by atoms with Gasteiger partial charge in [0.15, 0.2) is 17.2 Å². The Morgan fingerprint density at radius 1 is 1.03 bits per heavy atom. The summed E-state index contributed by atoms with van der Waals surface area (Å²) in [5.41, 5.74) is 5.87. The van der Waals surface area contributed by atoms with E-state index in [0.29, 0.717) is 56.2 Å². The molecule has 0 aliphatic heterocycles. The van der Waals surface area contributed by atoms with Gasteiger partial charge in [-0.1, -0.05) is 6.42 Å². The van der Waals surface area contributed by atoms with Gasteiger partial charge in [0.1, 0.15) is 22.6 Å². The number of carbonyl (C=O) groups is 1. The van der Waals surface area contributed by atoms with Crippen molar-refractivity contribution in [2.24, 2.45) is 5.92 Å². The fourth-order valence-electron chi connectivity index (χ4n) is 4.77. The van der Waals surface area contributed by atoms with Crippen LogP contribution in [0, 0.1) is 11.7 Å². The van der Waals surface area contributed by atoms with E-state index in [1.807, 2.05) is 18.2 Å². The highest BCUT2D eigenvalue weighted by atomic mass is 19.1. The number of nitrogens with one attached hydrogen (secondary N) is 3. The van der Waals surface area contributed by atoms with Crippen LogP contribution >= 0.6 is 0 Å². The maximum Gasteiger partial charge on any atom is 0.227 e. The molecule has 1 amide bonds. The number of aromatic nitrogens is 7. The third kappa shape index (κ3) is 4.13. The maximum absolute atomic E-state index is 14.0. The van der Waals surface area contributed by atoms with Crippen LogP contribution in [-0.4, -0.2) is 46.1 Å². The molecule has 5 heterocycles. The van der Waals surface area contributed by atoms with Crippen molar-refractivity contribution < 1.29 is 14.3 Å². The van der Waals surface area contributed by atoms with Crippen LogP contribution in [0.2, 0.25) is 0 Å². The summed E-state index contributed by atoms with van der Waals surface area (Å²) in [7, 11) is 0. The highest BCUT2D eigenvalue weighted by molar-refractivity contribution is 5.96. The van der Waals surface area contributed by atoms with Crippen molar-refractivity contribution in [3.63, 3.8) is 0 Å². The third-order valence-corrected chi connectivity index (χ3v) is 6.99. The number of amides is 1. The molecule has 0 spiro atoms. The summed E-state index contributed by atoms with van der Waals surface area (Å²) in [4.78, 5) is 33.8. The van der Waals surface area contributed by atoms with Crippen LogP contribution in [0.1, 0.15) is 19.3 Å². The quantitative estimate of drug-likeness (QED) is 0.244. The molecule has 1 fully saturated rings. The lowest BCUT2D eigenvalue weighted by Gasteiger charge is -2.24. The molecule has 1 aliphatic rings. The number of phenolic OH excluding ortho intramolecular Hbond substituents is 1. The lowest BCUT2D eigenvalue weighted by Crippen LogP contribution is -2.28. The molecule has 1 aromatic carbocycles. The van der Waals surface area contributed by atoms with Gasteiger partial charge in [0.05, 0.1) is 23.1 Å². The van der Waals surface area contributed by atoms with E-state index in [1.165, 1.54) is 12.1 Å². The van der Waals surface area contributed by atoms with Crippen LogP contribution in [0.25, 0.3) is 56.1 Å². The first kappa shape index (κ1) is 23.0. The summed E-state index contributed by atoms with van der Waals surface area (Å²) in [6.45, 7) is 0. The van der Waals surface area contributed by atoms with Gasteiger partial charge in [0, 0.05) is 35.5 Å². The molecule has 1 saturated carbocycles. The third-order valence-electron chi connectivity index (χ3n) is 6.99. The molecule has 0 radical (unpaired) electrons. The molecular weight excluding hydrogens is 499 g/mol. The lowest BCUT2D eigenvalue weighted by atomic mass is 9.85. The molecule has 7 rings (SSSR count). The predicted molar refractivity (Wildman–Crippen MR) is 143 cm³/mol. The maximum atomic E-state index is 14.0. The summed E-state index contributed by atoms with van der Waals surface area (Å²) in [6.07, 6.45) is 7.83. The Hall–Kier alpha value is -5.19. The van der Waals surface area contributed by atoms with E-state index >= 15 is 0 Å². The molecule has 0 unspecified atom stereocenters. The topological polar surface area (TPSA) is 145 Å². The number of hydrogen-bond donors (Lipinski definition) is 4. The molecule has 1 aliphatic carbocycles. The fourth-order valence-corrected chi connectivity index (χ4v) is 4.77. The van der Waals surface area contributed by atoms with E-state index in [0.717, 1.165) is 30.9 Å². The zero-order valence-electron chi connectivity index (χ0n) is 20.4. The van der Waals surface area contributed by atoms with Crippen molar-refractivity contribution in [1.82, 2.24) is 35.1 Å². The second-order valence-electron chi connectivity index (χ2n) is 9.58. The van der Waals surface area contributed by atoms with Crippen molar-refractivity contribution in [1.29, 1.82) is 0 Å². The lowest BCUT2D eigenvalue weighted by molar-refractivity contribution is -0.122. The van der Waals surface area contributed by atoms with E-state index < -0.39 is 5.82 Å². The highest BCUT2D eigenvalue weighted by Gasteiger charge is 2.25. The zero-order chi connectivity index (χ0) is 26.5. The molecule has 11 heteroatoms. The molecule has 0 saturated heterocycles. The van der Waals surface area contributed by atoms with Gasteiger partial charge in [0.25, 0.3) is 0 Å². The molecule has 192 valence electrons. The molecule has 0 atom stereocenters. The van der Waals surface area contributed by atoms with Gasteiger partial charge < -0.3 is 15.4 Å². The molecule has 10 nitrogen and oxygen atoms in total. The second-order valence-corrected chi connectivity index (χ2v) is 9.58. The number of halogens is 1. The summed E-state index contributed by atoms with van der Waals surface area (Å²) >= 11 is 0. The van der Waals surface area contributed by atoms with Gasteiger partial charge in [-0.2, -0.15) is 5.10 Å². The van der Waals surface area contributed by atoms with Gasteiger partial charge in [0.2, 0.25) is 5.91 Å². The minimum absolute atomic E-state index is 0.0204. The summed E-state index contributed by atoms with van der Waals surface area (Å²) in [6, 6.07) is 11.1. The van der Waals surface area contributed by atoms with Crippen molar-refractivity contribution in [2.75, 3.05) is 5.32 Å². The first-order valence-electron chi connectivity index (χ1n) is 12.5. The van der Waals surface area contributed by atoms with E-state index in [1.54, 1.807) is 24.7 Å². The van der Waals surface area contributed by atoms with Crippen molar-refractivity contribution in [2.45, 2.75) is 19.3 Å². The number of benzene rings is 1. The Labute approximate surface area is 220 Å². The molecule has 0 bridgehead atoms. The van der Waals surface area contributed by atoms with Crippen molar-refractivity contribution >= 4 is 33.8 Å². The van der Waals surface area contributed by atoms with Crippen LogP contribution < -0.4 is 5.32 Å².